The van der Waals surface area contributed by atoms with Gasteiger partial charge in [0.1, 0.15) is 0 Å². The maximum atomic E-state index is 4.42. The Balaban J connectivity index is 2.25. The molecular formula is C28H52N2. The number of allylic oxidation sites excluding steroid dienone is 2. The molecule has 0 radical (unpaired) electrons. The first-order chi connectivity index (χ1) is 13.8. The number of hydrogen-bond acceptors (Lipinski definition) is 2. The lowest BCUT2D eigenvalue weighted by molar-refractivity contribution is 0.328. The molecule has 2 N–H and O–H groups in total. The van der Waals surface area contributed by atoms with Crippen molar-refractivity contribution in [3.8, 4) is 0 Å². The van der Waals surface area contributed by atoms with Crippen LogP contribution in [0.3, 0.4) is 0 Å². The van der Waals surface area contributed by atoms with Crippen LogP contribution in [0.2, 0.25) is 0 Å². The third kappa shape index (κ3) is 10.3. The van der Waals surface area contributed by atoms with E-state index in [1.165, 1.54) is 49.8 Å². The molecule has 1 fully saturated rings. The smallest absolute Gasteiger partial charge is 0.0286 e. The molecule has 0 amide bonds. The zero-order valence-corrected chi connectivity index (χ0v) is 21.4. The number of hydrogen-bond donors (Lipinski definition) is 2. The fraction of sp³-hybridized carbons (Fsp3) is 0.786. The molecule has 0 aliphatic heterocycles. The minimum absolute atomic E-state index is 0.105. The third-order valence-corrected chi connectivity index (χ3v) is 6.76. The summed E-state index contributed by atoms with van der Waals surface area (Å²) in [5.41, 5.74) is 2.77. The van der Waals surface area contributed by atoms with Gasteiger partial charge < -0.3 is 10.6 Å². The summed E-state index contributed by atoms with van der Waals surface area (Å²) in [5.74, 6) is 2.48. The molecule has 174 valence electrons. The van der Waals surface area contributed by atoms with Crippen molar-refractivity contribution in [2.45, 2.75) is 111 Å². The van der Waals surface area contributed by atoms with Gasteiger partial charge in [0.2, 0.25) is 0 Å². The van der Waals surface area contributed by atoms with Crippen molar-refractivity contribution in [2.75, 3.05) is 6.54 Å². The van der Waals surface area contributed by atoms with Crippen LogP contribution in [0.25, 0.3) is 0 Å². The monoisotopic (exact) mass is 416 g/mol. The van der Waals surface area contributed by atoms with Gasteiger partial charge in [-0.3, -0.25) is 0 Å². The van der Waals surface area contributed by atoms with Crippen molar-refractivity contribution in [1.29, 1.82) is 0 Å². The van der Waals surface area contributed by atoms with E-state index in [9.17, 15) is 0 Å². The van der Waals surface area contributed by atoms with Gasteiger partial charge in [0.15, 0.2) is 0 Å². The Hall–Kier alpha value is -1.02. The molecule has 4 atom stereocenters. The van der Waals surface area contributed by atoms with Gasteiger partial charge in [-0.1, -0.05) is 52.5 Å². The maximum Gasteiger partial charge on any atom is 0.0286 e. The van der Waals surface area contributed by atoms with Gasteiger partial charge in [-0.25, -0.2) is 0 Å². The Morgan fingerprint density at radius 3 is 2.23 bits per heavy atom. The minimum atomic E-state index is 0.105. The zero-order chi connectivity index (χ0) is 22.9. The van der Waals surface area contributed by atoms with Crippen LogP contribution >= 0.6 is 0 Å². The fourth-order valence-corrected chi connectivity index (χ4v) is 4.77. The molecule has 2 heteroatoms. The Labute approximate surface area is 189 Å². The molecule has 0 aromatic rings. The highest BCUT2D eigenvalue weighted by molar-refractivity contribution is 5.14. The van der Waals surface area contributed by atoms with E-state index in [4.69, 9.17) is 0 Å². The highest BCUT2D eigenvalue weighted by Crippen LogP contribution is 2.39. The second-order valence-corrected chi connectivity index (χ2v) is 11.8. The van der Waals surface area contributed by atoms with Gasteiger partial charge >= 0.3 is 0 Å². The van der Waals surface area contributed by atoms with E-state index in [0.29, 0.717) is 6.04 Å². The lowest BCUT2D eigenvalue weighted by Gasteiger charge is -2.35. The van der Waals surface area contributed by atoms with Crippen LogP contribution in [0.5, 0.6) is 0 Å². The minimum Gasteiger partial charge on any atom is -0.389 e. The molecule has 1 aliphatic carbocycles. The van der Waals surface area contributed by atoms with E-state index in [1.54, 1.807) is 0 Å². The van der Waals surface area contributed by atoms with Gasteiger partial charge in [0.25, 0.3) is 0 Å². The summed E-state index contributed by atoms with van der Waals surface area (Å²) >= 11 is 0. The second kappa shape index (κ2) is 12.1. The normalized spacial score (nSPS) is 23.2. The third-order valence-electron chi connectivity index (χ3n) is 6.76. The first kappa shape index (κ1) is 27.0. The molecule has 0 aromatic heterocycles. The topological polar surface area (TPSA) is 24.1 Å². The molecule has 30 heavy (non-hydrogen) atoms. The lowest BCUT2D eigenvalue weighted by atomic mass is 9.81. The van der Waals surface area contributed by atoms with Crippen LogP contribution in [-0.2, 0) is 0 Å². The summed E-state index contributed by atoms with van der Waals surface area (Å²) in [4.78, 5) is 0. The Bertz CT molecular complexity index is 546. The summed E-state index contributed by atoms with van der Waals surface area (Å²) < 4.78 is 0. The number of unbranched alkanes of at least 4 members (excludes halogenated alkanes) is 1. The molecule has 1 aliphatic rings. The molecule has 1 rings (SSSR count). The average molecular weight is 417 g/mol. The summed E-state index contributed by atoms with van der Waals surface area (Å²) in [6, 6.07) is 0.376. The van der Waals surface area contributed by atoms with Crippen LogP contribution < -0.4 is 10.6 Å². The van der Waals surface area contributed by atoms with Crippen LogP contribution in [0.1, 0.15) is 99.8 Å². The standard InChI is InChI=1S/C28H52N2/c1-11-24-19-21(2)25(20-24)16-14-15-22(3)29-18-13-12-17-26(30-28(8,9)10)23(4)27(5,6)7/h11,21,24-26,29-30H,1,3-4,12-20H2,2,5-10H3. The van der Waals surface area contributed by atoms with E-state index >= 15 is 0 Å². The van der Waals surface area contributed by atoms with Crippen molar-refractivity contribution >= 4 is 0 Å². The Morgan fingerprint density at radius 2 is 1.70 bits per heavy atom. The van der Waals surface area contributed by atoms with Crippen LogP contribution in [0.15, 0.2) is 37.1 Å². The van der Waals surface area contributed by atoms with E-state index in [0.717, 1.165) is 37.1 Å². The molecular weight excluding hydrogens is 364 g/mol. The van der Waals surface area contributed by atoms with E-state index < -0.39 is 0 Å². The summed E-state index contributed by atoms with van der Waals surface area (Å²) in [6.07, 6.45) is 12.1. The first-order valence-corrected chi connectivity index (χ1v) is 12.3. The molecule has 4 unspecified atom stereocenters. The molecule has 0 bridgehead atoms. The fourth-order valence-electron chi connectivity index (χ4n) is 4.77. The lowest BCUT2D eigenvalue weighted by Crippen LogP contribution is -2.46. The average Bonchev–Trinajstić information content (AvgIpc) is 2.98. The van der Waals surface area contributed by atoms with Gasteiger partial charge in [-0.2, -0.15) is 0 Å². The Kier molecular flexibility index (Phi) is 10.9. The Morgan fingerprint density at radius 1 is 1.03 bits per heavy atom. The summed E-state index contributed by atoms with van der Waals surface area (Å²) in [5, 5.41) is 7.35. The summed E-state index contributed by atoms with van der Waals surface area (Å²) in [7, 11) is 0. The number of rotatable bonds is 13. The van der Waals surface area contributed by atoms with Crippen molar-refractivity contribution in [3.05, 3.63) is 37.1 Å². The highest BCUT2D eigenvalue weighted by atomic mass is 15.0. The van der Waals surface area contributed by atoms with Gasteiger partial charge in [-0.05, 0) is 95.3 Å². The first-order valence-electron chi connectivity index (χ1n) is 12.3. The van der Waals surface area contributed by atoms with E-state index in [-0.39, 0.29) is 11.0 Å². The quantitative estimate of drug-likeness (QED) is 0.238. The number of nitrogens with one attached hydrogen (secondary N) is 2. The molecule has 2 nitrogen and oxygen atoms in total. The largest absolute Gasteiger partial charge is 0.389 e. The van der Waals surface area contributed by atoms with Crippen molar-refractivity contribution in [3.63, 3.8) is 0 Å². The maximum absolute atomic E-state index is 4.42. The molecule has 0 aromatic carbocycles. The van der Waals surface area contributed by atoms with Gasteiger partial charge in [0.05, 0.1) is 0 Å². The van der Waals surface area contributed by atoms with Gasteiger partial charge in [0, 0.05) is 23.8 Å². The predicted molar refractivity (Wildman–Crippen MR) is 136 cm³/mol. The van der Waals surface area contributed by atoms with Gasteiger partial charge in [-0.15, -0.1) is 6.58 Å². The molecule has 0 saturated heterocycles. The van der Waals surface area contributed by atoms with Crippen molar-refractivity contribution in [1.82, 2.24) is 10.6 Å². The highest BCUT2D eigenvalue weighted by Gasteiger charge is 2.29. The zero-order valence-electron chi connectivity index (χ0n) is 21.4. The summed E-state index contributed by atoms with van der Waals surface area (Å²) in [6.45, 7) is 29.6. The van der Waals surface area contributed by atoms with Crippen molar-refractivity contribution < 1.29 is 0 Å². The second-order valence-electron chi connectivity index (χ2n) is 11.8. The SMILES string of the molecule is C=CC1CC(C)C(CCCC(=C)NCCCCC(NC(C)(C)C)C(=C)C(C)(C)C)C1. The predicted octanol–water partition coefficient (Wildman–Crippen LogP) is 7.64. The molecule has 0 heterocycles. The van der Waals surface area contributed by atoms with Crippen LogP contribution in [0, 0.1) is 23.2 Å². The van der Waals surface area contributed by atoms with E-state index in [2.05, 4.69) is 84.9 Å². The van der Waals surface area contributed by atoms with Crippen LogP contribution in [-0.4, -0.2) is 18.1 Å². The molecule has 1 saturated carbocycles. The van der Waals surface area contributed by atoms with Crippen molar-refractivity contribution in [2.24, 2.45) is 23.2 Å². The van der Waals surface area contributed by atoms with Crippen LogP contribution in [0.4, 0.5) is 0 Å². The van der Waals surface area contributed by atoms with E-state index in [1.807, 2.05) is 0 Å². The molecule has 0 spiro atoms.